The van der Waals surface area contributed by atoms with Crippen molar-refractivity contribution in [3.05, 3.63) is 71.2 Å². The van der Waals surface area contributed by atoms with Crippen molar-refractivity contribution in [2.24, 2.45) is 0 Å². The highest BCUT2D eigenvalue weighted by molar-refractivity contribution is 9.08. The summed E-state index contributed by atoms with van der Waals surface area (Å²) >= 11 is 9.50. The monoisotopic (exact) mass is 346 g/mol. The predicted octanol–water partition coefficient (Wildman–Crippen LogP) is 6.18. The Hall–Kier alpha value is -1.51. The molecule has 0 N–H and O–H groups in total. The topological polar surface area (TPSA) is 9.23 Å². The molecule has 3 heteroatoms. The molecule has 0 saturated carbocycles. The Labute approximate surface area is 131 Å². The van der Waals surface area contributed by atoms with Gasteiger partial charge < -0.3 is 4.74 Å². The van der Waals surface area contributed by atoms with Gasteiger partial charge in [0, 0.05) is 15.9 Å². The molecule has 3 aromatic carbocycles. The molecule has 0 aliphatic heterocycles. The van der Waals surface area contributed by atoms with Crippen LogP contribution in [0.4, 0.5) is 0 Å². The SMILES string of the molecule is Clc1ccc(CBr)c(Oc2ccc3ccccc3c2)c1. The van der Waals surface area contributed by atoms with Crippen molar-refractivity contribution in [3.63, 3.8) is 0 Å². The van der Waals surface area contributed by atoms with E-state index in [0.29, 0.717) is 5.02 Å². The summed E-state index contributed by atoms with van der Waals surface area (Å²) < 4.78 is 5.97. The van der Waals surface area contributed by atoms with Gasteiger partial charge in [0.25, 0.3) is 0 Å². The molecule has 20 heavy (non-hydrogen) atoms. The Balaban J connectivity index is 1.98. The van der Waals surface area contributed by atoms with Gasteiger partial charge in [-0.15, -0.1) is 0 Å². The molecule has 0 unspecified atom stereocenters. The zero-order valence-corrected chi connectivity index (χ0v) is 13.0. The maximum Gasteiger partial charge on any atom is 0.132 e. The second-order valence-electron chi connectivity index (χ2n) is 4.50. The quantitative estimate of drug-likeness (QED) is 0.514. The molecule has 0 atom stereocenters. The molecule has 0 aliphatic carbocycles. The summed E-state index contributed by atoms with van der Waals surface area (Å²) in [5.41, 5.74) is 1.07. The Morgan fingerprint density at radius 2 is 1.70 bits per heavy atom. The normalized spacial score (nSPS) is 10.7. The second-order valence-corrected chi connectivity index (χ2v) is 5.49. The lowest BCUT2D eigenvalue weighted by Crippen LogP contribution is -1.89. The first-order valence-electron chi connectivity index (χ1n) is 6.27. The molecule has 0 aromatic heterocycles. The van der Waals surface area contributed by atoms with Crippen LogP contribution in [0.1, 0.15) is 5.56 Å². The molecule has 0 amide bonds. The molecule has 0 radical (unpaired) electrons. The maximum absolute atomic E-state index is 6.04. The minimum Gasteiger partial charge on any atom is -0.457 e. The molecular weight excluding hydrogens is 336 g/mol. The number of benzene rings is 3. The van der Waals surface area contributed by atoms with Crippen molar-refractivity contribution in [2.45, 2.75) is 5.33 Å². The van der Waals surface area contributed by atoms with E-state index in [2.05, 4.69) is 34.1 Å². The fraction of sp³-hybridized carbons (Fsp3) is 0.0588. The zero-order valence-electron chi connectivity index (χ0n) is 10.6. The van der Waals surface area contributed by atoms with Gasteiger partial charge in [-0.25, -0.2) is 0 Å². The Kier molecular flexibility index (Phi) is 3.95. The van der Waals surface area contributed by atoms with Crippen LogP contribution in [-0.4, -0.2) is 0 Å². The molecule has 1 nitrogen and oxygen atoms in total. The number of alkyl halides is 1. The number of halogens is 2. The van der Waals surface area contributed by atoms with Crippen LogP contribution in [-0.2, 0) is 5.33 Å². The number of hydrogen-bond donors (Lipinski definition) is 0. The van der Waals surface area contributed by atoms with Gasteiger partial charge >= 0.3 is 0 Å². The average Bonchev–Trinajstić information content (AvgIpc) is 2.47. The van der Waals surface area contributed by atoms with E-state index in [1.54, 1.807) is 0 Å². The van der Waals surface area contributed by atoms with Crippen molar-refractivity contribution < 1.29 is 4.74 Å². The van der Waals surface area contributed by atoms with Crippen LogP contribution in [0.3, 0.4) is 0 Å². The molecule has 0 aliphatic rings. The summed E-state index contributed by atoms with van der Waals surface area (Å²) in [6.45, 7) is 0. The van der Waals surface area contributed by atoms with Crippen LogP contribution in [0, 0.1) is 0 Å². The van der Waals surface area contributed by atoms with Gasteiger partial charge in [0.1, 0.15) is 11.5 Å². The predicted molar refractivity (Wildman–Crippen MR) is 88.1 cm³/mol. The van der Waals surface area contributed by atoms with E-state index >= 15 is 0 Å². The van der Waals surface area contributed by atoms with E-state index in [0.717, 1.165) is 27.8 Å². The summed E-state index contributed by atoms with van der Waals surface area (Å²) in [5, 5.41) is 3.76. The smallest absolute Gasteiger partial charge is 0.132 e. The molecule has 0 bridgehead atoms. The van der Waals surface area contributed by atoms with Crippen molar-refractivity contribution in [2.75, 3.05) is 0 Å². The maximum atomic E-state index is 6.04. The minimum atomic E-state index is 0.672. The summed E-state index contributed by atoms with van der Waals surface area (Å²) in [6, 6.07) is 20.0. The molecule has 3 rings (SSSR count). The van der Waals surface area contributed by atoms with Gasteiger partial charge in [0.15, 0.2) is 0 Å². The largest absolute Gasteiger partial charge is 0.457 e. The first kappa shape index (κ1) is 13.5. The molecule has 100 valence electrons. The summed E-state index contributed by atoms with van der Waals surface area (Å²) in [7, 11) is 0. The van der Waals surface area contributed by atoms with E-state index in [1.807, 2.05) is 42.5 Å². The van der Waals surface area contributed by atoms with Gasteiger partial charge in [-0.3, -0.25) is 0 Å². The van der Waals surface area contributed by atoms with E-state index in [9.17, 15) is 0 Å². The fourth-order valence-electron chi connectivity index (χ4n) is 2.09. The van der Waals surface area contributed by atoms with Gasteiger partial charge in [-0.05, 0) is 35.0 Å². The highest BCUT2D eigenvalue weighted by atomic mass is 79.9. The van der Waals surface area contributed by atoms with Gasteiger partial charge in [0.2, 0.25) is 0 Å². The van der Waals surface area contributed by atoms with Gasteiger partial charge in [0.05, 0.1) is 0 Å². The van der Waals surface area contributed by atoms with E-state index in [1.165, 1.54) is 5.39 Å². The summed E-state index contributed by atoms with van der Waals surface area (Å²) in [5.74, 6) is 1.60. The van der Waals surface area contributed by atoms with Crippen LogP contribution < -0.4 is 4.74 Å². The molecule has 0 heterocycles. The zero-order chi connectivity index (χ0) is 13.9. The average molecular weight is 348 g/mol. The Morgan fingerprint density at radius 1 is 0.900 bits per heavy atom. The second kappa shape index (κ2) is 5.86. The lowest BCUT2D eigenvalue weighted by Gasteiger charge is -2.11. The van der Waals surface area contributed by atoms with Crippen LogP contribution in [0.15, 0.2) is 60.7 Å². The molecule has 3 aromatic rings. The van der Waals surface area contributed by atoms with Crippen LogP contribution in [0.5, 0.6) is 11.5 Å². The van der Waals surface area contributed by atoms with Crippen LogP contribution >= 0.6 is 27.5 Å². The first-order chi connectivity index (χ1) is 9.76. The lowest BCUT2D eigenvalue weighted by atomic mass is 10.1. The number of rotatable bonds is 3. The molecule has 0 spiro atoms. The standard InChI is InChI=1S/C17H12BrClO/c18-11-14-5-7-15(19)10-17(14)20-16-8-6-12-3-1-2-4-13(12)9-16/h1-10H,11H2. The van der Waals surface area contributed by atoms with E-state index < -0.39 is 0 Å². The lowest BCUT2D eigenvalue weighted by molar-refractivity contribution is 0.479. The van der Waals surface area contributed by atoms with Crippen LogP contribution in [0.25, 0.3) is 10.8 Å². The Bertz CT molecular complexity index is 755. The molecule has 0 fully saturated rings. The summed E-state index contributed by atoms with van der Waals surface area (Å²) in [6.07, 6.45) is 0. The van der Waals surface area contributed by atoms with Crippen LogP contribution in [0.2, 0.25) is 5.02 Å². The number of ether oxygens (including phenoxy) is 1. The molecular formula is C17H12BrClO. The van der Waals surface area contributed by atoms with Gasteiger partial charge in [-0.1, -0.05) is 63.9 Å². The number of fused-ring (bicyclic) bond motifs is 1. The van der Waals surface area contributed by atoms with Crippen molar-refractivity contribution >= 4 is 38.3 Å². The van der Waals surface area contributed by atoms with Crippen molar-refractivity contribution in [1.29, 1.82) is 0 Å². The minimum absolute atomic E-state index is 0.672. The highest BCUT2D eigenvalue weighted by Gasteiger charge is 2.06. The summed E-state index contributed by atoms with van der Waals surface area (Å²) in [4.78, 5) is 0. The van der Waals surface area contributed by atoms with Gasteiger partial charge in [-0.2, -0.15) is 0 Å². The first-order valence-corrected chi connectivity index (χ1v) is 7.77. The third kappa shape index (κ3) is 2.82. The third-order valence-electron chi connectivity index (χ3n) is 3.12. The van der Waals surface area contributed by atoms with E-state index in [-0.39, 0.29) is 0 Å². The van der Waals surface area contributed by atoms with Crippen molar-refractivity contribution in [3.8, 4) is 11.5 Å². The third-order valence-corrected chi connectivity index (χ3v) is 3.96. The fourth-order valence-corrected chi connectivity index (χ4v) is 2.72. The Morgan fingerprint density at radius 3 is 2.50 bits per heavy atom. The van der Waals surface area contributed by atoms with Crippen molar-refractivity contribution in [1.82, 2.24) is 0 Å². The highest BCUT2D eigenvalue weighted by Crippen LogP contribution is 2.31. The number of hydrogen-bond acceptors (Lipinski definition) is 1. The molecule has 0 saturated heterocycles. The van der Waals surface area contributed by atoms with E-state index in [4.69, 9.17) is 16.3 Å².